The quantitative estimate of drug-likeness (QED) is 0.373. The number of aliphatic imine (C=N–C) groups is 1. The van der Waals surface area contributed by atoms with Gasteiger partial charge in [0, 0.05) is 54.5 Å². The van der Waals surface area contributed by atoms with E-state index in [1.807, 2.05) is 48.5 Å². The Balaban J connectivity index is 1.36. The predicted octanol–water partition coefficient (Wildman–Crippen LogP) is 4.07. The van der Waals surface area contributed by atoms with Crippen molar-refractivity contribution in [1.29, 1.82) is 0 Å². The summed E-state index contributed by atoms with van der Waals surface area (Å²) in [7, 11) is 2.15. The van der Waals surface area contributed by atoms with Crippen LogP contribution in [0.3, 0.4) is 0 Å². The SMILES string of the molecule is CN1CCN(c2ccc(N=Cc3c(O)[nH]c4ccc(Cc5cccc(C(N)=O)c5)cc34)cc2)CC1. The minimum Gasteiger partial charge on any atom is -0.494 e. The van der Waals surface area contributed by atoms with E-state index in [9.17, 15) is 9.90 Å². The van der Waals surface area contributed by atoms with Crippen LogP contribution in [0.25, 0.3) is 10.9 Å². The van der Waals surface area contributed by atoms with Gasteiger partial charge in [-0.1, -0.05) is 18.2 Å². The van der Waals surface area contributed by atoms with Crippen LogP contribution in [0.1, 0.15) is 27.0 Å². The topological polar surface area (TPSA) is 97.9 Å². The van der Waals surface area contributed by atoms with Crippen molar-refractivity contribution in [3.8, 4) is 5.88 Å². The van der Waals surface area contributed by atoms with Crippen LogP contribution in [0.15, 0.2) is 71.7 Å². The van der Waals surface area contributed by atoms with Gasteiger partial charge in [0.15, 0.2) is 5.88 Å². The third-order valence-electron chi connectivity index (χ3n) is 6.56. The molecule has 4 aromatic rings. The molecule has 7 nitrogen and oxygen atoms in total. The summed E-state index contributed by atoms with van der Waals surface area (Å²) in [6, 6.07) is 21.6. The van der Waals surface area contributed by atoms with Crippen LogP contribution in [0, 0.1) is 0 Å². The fraction of sp³-hybridized carbons (Fsp3) is 0.214. The number of nitrogens with zero attached hydrogens (tertiary/aromatic N) is 3. The highest BCUT2D eigenvalue weighted by Gasteiger charge is 2.14. The number of H-pyrrole nitrogens is 1. The molecule has 35 heavy (non-hydrogen) atoms. The van der Waals surface area contributed by atoms with Crippen molar-refractivity contribution in [3.63, 3.8) is 0 Å². The van der Waals surface area contributed by atoms with Gasteiger partial charge >= 0.3 is 0 Å². The van der Waals surface area contributed by atoms with Crippen LogP contribution in [-0.2, 0) is 6.42 Å². The number of nitrogens with two attached hydrogens (primary N) is 1. The summed E-state index contributed by atoms with van der Waals surface area (Å²) in [5.41, 5.74) is 11.5. The Morgan fingerprint density at radius 1 is 1.03 bits per heavy atom. The number of nitrogens with one attached hydrogen (secondary N) is 1. The van der Waals surface area contributed by atoms with E-state index in [2.05, 4.69) is 39.0 Å². The maximum absolute atomic E-state index is 11.5. The van der Waals surface area contributed by atoms with E-state index in [0.29, 0.717) is 17.5 Å². The molecule has 1 aliphatic rings. The van der Waals surface area contributed by atoms with Gasteiger partial charge in [0.1, 0.15) is 0 Å². The maximum atomic E-state index is 11.5. The third kappa shape index (κ3) is 5.05. The number of fused-ring (bicyclic) bond motifs is 1. The summed E-state index contributed by atoms with van der Waals surface area (Å²) >= 11 is 0. The fourth-order valence-corrected chi connectivity index (χ4v) is 4.51. The summed E-state index contributed by atoms with van der Waals surface area (Å²) in [4.78, 5) is 23.9. The molecule has 1 aliphatic heterocycles. The normalized spacial score (nSPS) is 14.7. The predicted molar refractivity (Wildman–Crippen MR) is 141 cm³/mol. The van der Waals surface area contributed by atoms with Crippen LogP contribution in [0.5, 0.6) is 5.88 Å². The summed E-state index contributed by atoms with van der Waals surface area (Å²) in [5.74, 6) is -0.349. The molecule has 0 radical (unpaired) electrons. The molecular weight excluding hydrogens is 438 g/mol. The Hall–Kier alpha value is -4.10. The third-order valence-corrected chi connectivity index (χ3v) is 6.56. The lowest BCUT2D eigenvalue weighted by molar-refractivity contribution is 0.1000. The Labute approximate surface area is 204 Å². The van der Waals surface area contributed by atoms with Gasteiger partial charge in [-0.05, 0) is 73.1 Å². The molecule has 5 rings (SSSR count). The molecule has 0 saturated carbocycles. The first-order valence-electron chi connectivity index (χ1n) is 11.8. The lowest BCUT2D eigenvalue weighted by Gasteiger charge is -2.34. The van der Waals surface area contributed by atoms with Gasteiger partial charge in [-0.3, -0.25) is 9.79 Å². The molecule has 0 atom stereocenters. The maximum Gasteiger partial charge on any atom is 0.248 e. The Morgan fingerprint density at radius 2 is 1.77 bits per heavy atom. The van der Waals surface area contributed by atoms with Gasteiger partial charge in [-0.15, -0.1) is 0 Å². The van der Waals surface area contributed by atoms with Crippen LogP contribution < -0.4 is 10.6 Å². The molecule has 1 saturated heterocycles. The van der Waals surface area contributed by atoms with E-state index in [-0.39, 0.29) is 5.88 Å². The minimum absolute atomic E-state index is 0.0886. The number of carbonyl (C=O) groups is 1. The molecule has 1 fully saturated rings. The summed E-state index contributed by atoms with van der Waals surface area (Å²) < 4.78 is 0. The lowest BCUT2D eigenvalue weighted by atomic mass is 10.0. The number of hydrogen-bond donors (Lipinski definition) is 3. The number of hydrogen-bond acceptors (Lipinski definition) is 5. The average molecular weight is 468 g/mol. The van der Waals surface area contributed by atoms with Crippen LogP contribution in [0.4, 0.5) is 11.4 Å². The van der Waals surface area contributed by atoms with Crippen molar-refractivity contribution < 1.29 is 9.90 Å². The first-order valence-corrected chi connectivity index (χ1v) is 11.8. The second kappa shape index (κ2) is 9.64. The Kier molecular flexibility index (Phi) is 6.25. The average Bonchev–Trinajstić information content (AvgIpc) is 3.18. The fourth-order valence-electron chi connectivity index (χ4n) is 4.51. The zero-order valence-electron chi connectivity index (χ0n) is 19.7. The number of amides is 1. The molecule has 178 valence electrons. The number of benzene rings is 3. The molecular formula is C28H29N5O2. The van der Waals surface area contributed by atoms with Crippen molar-refractivity contribution in [2.24, 2.45) is 10.7 Å². The van der Waals surface area contributed by atoms with Gasteiger partial charge in [0.2, 0.25) is 5.91 Å². The van der Waals surface area contributed by atoms with Crippen molar-refractivity contribution in [3.05, 3.63) is 89.0 Å². The summed E-state index contributed by atoms with van der Waals surface area (Å²) in [6.45, 7) is 4.19. The number of carbonyl (C=O) groups excluding carboxylic acids is 1. The minimum atomic E-state index is -0.437. The summed E-state index contributed by atoms with van der Waals surface area (Å²) in [6.07, 6.45) is 2.35. The number of aromatic nitrogens is 1. The highest BCUT2D eigenvalue weighted by atomic mass is 16.3. The number of piperazine rings is 1. The van der Waals surface area contributed by atoms with Crippen LogP contribution >= 0.6 is 0 Å². The van der Waals surface area contributed by atoms with E-state index < -0.39 is 5.91 Å². The summed E-state index contributed by atoms with van der Waals surface area (Å²) in [5, 5.41) is 11.4. The molecule has 0 aliphatic carbocycles. The van der Waals surface area contributed by atoms with Gasteiger partial charge < -0.3 is 25.6 Å². The number of aromatic amines is 1. The molecule has 7 heteroatoms. The van der Waals surface area contributed by atoms with Crippen molar-refractivity contribution in [1.82, 2.24) is 9.88 Å². The zero-order chi connectivity index (χ0) is 24.4. The van der Waals surface area contributed by atoms with Gasteiger partial charge in [0.05, 0.1) is 11.3 Å². The lowest BCUT2D eigenvalue weighted by Crippen LogP contribution is -2.44. The van der Waals surface area contributed by atoms with Crippen LogP contribution in [-0.4, -0.2) is 60.3 Å². The Bertz CT molecular complexity index is 1380. The van der Waals surface area contributed by atoms with E-state index >= 15 is 0 Å². The molecule has 1 amide bonds. The second-order valence-corrected chi connectivity index (χ2v) is 9.07. The van der Waals surface area contributed by atoms with E-state index in [0.717, 1.165) is 53.9 Å². The number of aromatic hydroxyl groups is 1. The molecule has 4 N–H and O–H groups in total. The largest absolute Gasteiger partial charge is 0.494 e. The van der Waals surface area contributed by atoms with Crippen LogP contribution in [0.2, 0.25) is 0 Å². The molecule has 1 aromatic heterocycles. The van der Waals surface area contributed by atoms with Gasteiger partial charge in [-0.25, -0.2) is 0 Å². The molecule has 0 spiro atoms. The molecule has 0 unspecified atom stereocenters. The second-order valence-electron chi connectivity index (χ2n) is 9.07. The zero-order valence-corrected chi connectivity index (χ0v) is 19.7. The van der Waals surface area contributed by atoms with Crippen molar-refractivity contribution in [2.75, 3.05) is 38.1 Å². The standard InChI is InChI=1S/C28H29N5O2/c1-32-11-13-33(14-12-32)23-8-6-22(7-9-23)30-18-25-24-17-20(5-10-26(24)31-28(25)35)15-19-3-2-4-21(16-19)27(29)34/h2-10,16-18,31,35H,11-15H2,1H3,(H2,29,34). The number of likely N-dealkylation sites (N-methyl/N-ethyl adjacent to an activating group) is 1. The monoisotopic (exact) mass is 467 g/mol. The number of primary amides is 1. The van der Waals surface area contributed by atoms with E-state index in [1.165, 1.54) is 5.69 Å². The first kappa shape index (κ1) is 22.7. The van der Waals surface area contributed by atoms with Crippen molar-refractivity contribution in [2.45, 2.75) is 6.42 Å². The highest BCUT2D eigenvalue weighted by Crippen LogP contribution is 2.28. The van der Waals surface area contributed by atoms with Crippen molar-refractivity contribution >= 4 is 34.4 Å². The van der Waals surface area contributed by atoms with Gasteiger partial charge in [-0.2, -0.15) is 0 Å². The molecule has 0 bridgehead atoms. The van der Waals surface area contributed by atoms with E-state index in [1.54, 1.807) is 12.3 Å². The Morgan fingerprint density at radius 3 is 2.51 bits per heavy atom. The number of anilines is 1. The van der Waals surface area contributed by atoms with Gasteiger partial charge in [0.25, 0.3) is 0 Å². The van der Waals surface area contributed by atoms with E-state index in [4.69, 9.17) is 5.73 Å². The smallest absolute Gasteiger partial charge is 0.248 e. The first-order chi connectivity index (χ1) is 17.0. The molecule has 2 heterocycles. The highest BCUT2D eigenvalue weighted by molar-refractivity contribution is 6.03. The number of rotatable bonds is 6. The molecule has 3 aromatic carbocycles.